The molecule has 0 aromatic carbocycles. The van der Waals surface area contributed by atoms with Crippen LogP contribution in [0, 0.1) is 18.8 Å². The first kappa shape index (κ1) is 15.9. The molecule has 3 N–H and O–H groups in total. The monoisotopic (exact) mass is 316 g/mol. The molecular weight excluding hydrogens is 292 g/mol. The molecule has 0 amide bonds. The lowest BCUT2D eigenvalue weighted by Crippen LogP contribution is -2.42. The Labute approximate surface area is 125 Å². The smallest absolute Gasteiger partial charge is 0.242 e. The van der Waals surface area contributed by atoms with Crippen LogP contribution in [0.15, 0.2) is 10.3 Å². The van der Waals surface area contributed by atoms with Gasteiger partial charge in [0.2, 0.25) is 10.0 Å². The predicted molar refractivity (Wildman–Crippen MR) is 83.2 cm³/mol. The molecule has 0 bridgehead atoms. The summed E-state index contributed by atoms with van der Waals surface area (Å²) in [5, 5.41) is 1.86. The summed E-state index contributed by atoms with van der Waals surface area (Å²) in [6, 6.07) is 0.0427. The Bertz CT molecular complexity index is 566. The summed E-state index contributed by atoms with van der Waals surface area (Å²) in [4.78, 5) is 1.14. The van der Waals surface area contributed by atoms with Gasteiger partial charge in [-0.2, -0.15) is 0 Å². The zero-order valence-corrected chi connectivity index (χ0v) is 14.0. The van der Waals surface area contributed by atoms with Crippen molar-refractivity contribution in [3.63, 3.8) is 0 Å². The highest BCUT2D eigenvalue weighted by Crippen LogP contribution is 2.31. The molecule has 1 aliphatic rings. The second-order valence-corrected chi connectivity index (χ2v) is 8.61. The normalized spacial score (nSPS) is 27.7. The standard InChI is InChI=1S/C14H24N2O2S2/c1-9-4-5-12(10(2)6-9)16-20(17,18)14-11(3)8-19-13(14)7-15/h8-10,12,16H,4-7,15H2,1-3H3. The molecule has 2 rings (SSSR count). The van der Waals surface area contributed by atoms with E-state index in [-0.39, 0.29) is 12.6 Å². The molecule has 1 aromatic rings. The summed E-state index contributed by atoms with van der Waals surface area (Å²) < 4.78 is 28.2. The summed E-state index contributed by atoms with van der Waals surface area (Å²) in [5.41, 5.74) is 6.45. The molecule has 0 aliphatic heterocycles. The van der Waals surface area contributed by atoms with Crippen LogP contribution in [0.3, 0.4) is 0 Å². The van der Waals surface area contributed by atoms with Gasteiger partial charge in [-0.25, -0.2) is 13.1 Å². The third-order valence-corrected chi connectivity index (χ3v) is 7.16. The minimum absolute atomic E-state index is 0.0427. The second kappa shape index (κ2) is 6.13. The van der Waals surface area contributed by atoms with Gasteiger partial charge in [-0.3, -0.25) is 0 Å². The number of nitrogens with two attached hydrogens (primary N) is 1. The van der Waals surface area contributed by atoms with Gasteiger partial charge in [-0.15, -0.1) is 11.3 Å². The number of hydrogen-bond donors (Lipinski definition) is 2. The van der Waals surface area contributed by atoms with Crippen molar-refractivity contribution in [2.75, 3.05) is 0 Å². The van der Waals surface area contributed by atoms with E-state index in [0.717, 1.165) is 29.7 Å². The van der Waals surface area contributed by atoms with E-state index in [1.807, 2.05) is 12.3 Å². The third kappa shape index (κ3) is 3.24. The number of rotatable bonds is 4. The molecule has 6 heteroatoms. The zero-order chi connectivity index (χ0) is 14.9. The van der Waals surface area contributed by atoms with E-state index >= 15 is 0 Å². The molecule has 1 fully saturated rings. The van der Waals surface area contributed by atoms with Gasteiger partial charge in [-0.1, -0.05) is 13.8 Å². The van der Waals surface area contributed by atoms with Gasteiger partial charge in [0.05, 0.1) is 0 Å². The maximum atomic E-state index is 12.6. The lowest BCUT2D eigenvalue weighted by molar-refractivity contribution is 0.249. The van der Waals surface area contributed by atoms with Crippen LogP contribution < -0.4 is 10.5 Å². The molecule has 1 aromatic heterocycles. The number of sulfonamides is 1. The summed E-state index contributed by atoms with van der Waals surface area (Å²) in [5.74, 6) is 1.07. The van der Waals surface area contributed by atoms with Gasteiger partial charge < -0.3 is 5.73 Å². The number of hydrogen-bond acceptors (Lipinski definition) is 4. The van der Waals surface area contributed by atoms with Crippen LogP contribution in [0.2, 0.25) is 0 Å². The van der Waals surface area contributed by atoms with Crippen LogP contribution >= 0.6 is 11.3 Å². The molecule has 4 nitrogen and oxygen atoms in total. The van der Waals surface area contributed by atoms with E-state index in [4.69, 9.17) is 5.73 Å². The van der Waals surface area contributed by atoms with Gasteiger partial charge >= 0.3 is 0 Å². The Balaban J connectivity index is 2.21. The highest BCUT2D eigenvalue weighted by atomic mass is 32.2. The van der Waals surface area contributed by atoms with Crippen LogP contribution in [-0.4, -0.2) is 14.5 Å². The van der Waals surface area contributed by atoms with E-state index in [9.17, 15) is 8.42 Å². The summed E-state index contributed by atoms with van der Waals surface area (Å²) in [6.45, 7) is 6.46. The van der Waals surface area contributed by atoms with E-state index < -0.39 is 10.0 Å². The molecule has 1 heterocycles. The van der Waals surface area contributed by atoms with Gasteiger partial charge in [0.25, 0.3) is 0 Å². The fourth-order valence-electron chi connectivity index (χ4n) is 3.09. The minimum Gasteiger partial charge on any atom is -0.326 e. The van der Waals surface area contributed by atoms with Crippen LogP contribution in [0.4, 0.5) is 0 Å². The minimum atomic E-state index is -3.46. The van der Waals surface area contributed by atoms with Gasteiger partial charge in [0.15, 0.2) is 0 Å². The summed E-state index contributed by atoms with van der Waals surface area (Å²) in [7, 11) is -3.46. The predicted octanol–water partition coefficient (Wildman–Crippen LogP) is 2.62. The van der Waals surface area contributed by atoms with Crippen molar-refractivity contribution >= 4 is 21.4 Å². The van der Waals surface area contributed by atoms with Crippen molar-refractivity contribution in [3.05, 3.63) is 15.8 Å². The van der Waals surface area contributed by atoms with Crippen molar-refractivity contribution in [3.8, 4) is 0 Å². The van der Waals surface area contributed by atoms with E-state index in [0.29, 0.717) is 16.7 Å². The largest absolute Gasteiger partial charge is 0.326 e. The Kier molecular flexibility index (Phi) is 4.89. The molecule has 1 aliphatic carbocycles. The van der Waals surface area contributed by atoms with Crippen molar-refractivity contribution in [2.24, 2.45) is 17.6 Å². The first-order chi connectivity index (χ1) is 9.35. The number of aryl methyl sites for hydroxylation is 1. The Morgan fingerprint density at radius 3 is 2.70 bits per heavy atom. The number of nitrogens with one attached hydrogen (secondary N) is 1. The van der Waals surface area contributed by atoms with Crippen LogP contribution in [0.5, 0.6) is 0 Å². The molecule has 114 valence electrons. The molecule has 3 unspecified atom stereocenters. The van der Waals surface area contributed by atoms with Crippen molar-refractivity contribution in [2.45, 2.75) is 57.5 Å². The molecule has 3 atom stereocenters. The molecular formula is C14H24N2O2S2. The fourth-order valence-corrected chi connectivity index (χ4v) is 6.17. The second-order valence-electron chi connectivity index (χ2n) is 6.00. The van der Waals surface area contributed by atoms with Crippen molar-refractivity contribution in [1.29, 1.82) is 0 Å². The first-order valence-electron chi connectivity index (χ1n) is 7.14. The average Bonchev–Trinajstić information content (AvgIpc) is 2.75. The van der Waals surface area contributed by atoms with Gasteiger partial charge in [-0.05, 0) is 49.0 Å². The lowest BCUT2D eigenvalue weighted by Gasteiger charge is -2.33. The van der Waals surface area contributed by atoms with Crippen molar-refractivity contribution < 1.29 is 8.42 Å². The quantitative estimate of drug-likeness (QED) is 0.897. The zero-order valence-electron chi connectivity index (χ0n) is 12.3. The Morgan fingerprint density at radius 1 is 1.40 bits per heavy atom. The maximum Gasteiger partial charge on any atom is 0.242 e. The average molecular weight is 316 g/mol. The molecule has 0 saturated heterocycles. The Hall–Kier alpha value is -0.430. The van der Waals surface area contributed by atoms with E-state index in [2.05, 4.69) is 18.6 Å². The lowest BCUT2D eigenvalue weighted by atomic mass is 9.80. The van der Waals surface area contributed by atoms with Crippen LogP contribution in [-0.2, 0) is 16.6 Å². The Morgan fingerprint density at radius 2 is 2.10 bits per heavy atom. The fraction of sp³-hybridized carbons (Fsp3) is 0.714. The van der Waals surface area contributed by atoms with Crippen LogP contribution in [0.25, 0.3) is 0 Å². The summed E-state index contributed by atoms with van der Waals surface area (Å²) in [6.07, 6.45) is 3.09. The first-order valence-corrected chi connectivity index (χ1v) is 9.50. The maximum absolute atomic E-state index is 12.6. The van der Waals surface area contributed by atoms with Crippen molar-refractivity contribution in [1.82, 2.24) is 4.72 Å². The molecule has 0 radical (unpaired) electrons. The highest BCUT2D eigenvalue weighted by Gasteiger charge is 2.31. The van der Waals surface area contributed by atoms with Gasteiger partial charge in [0.1, 0.15) is 4.90 Å². The molecule has 0 spiro atoms. The van der Waals surface area contributed by atoms with Crippen LogP contribution in [0.1, 0.15) is 43.6 Å². The SMILES string of the molecule is Cc1csc(CN)c1S(=O)(=O)NC1CCC(C)CC1C. The molecule has 20 heavy (non-hydrogen) atoms. The third-order valence-electron chi connectivity index (χ3n) is 4.18. The highest BCUT2D eigenvalue weighted by molar-refractivity contribution is 7.89. The summed E-state index contributed by atoms with van der Waals surface area (Å²) >= 11 is 1.42. The molecule has 1 saturated carbocycles. The number of thiophene rings is 1. The van der Waals surface area contributed by atoms with E-state index in [1.165, 1.54) is 11.3 Å². The topological polar surface area (TPSA) is 72.2 Å². The van der Waals surface area contributed by atoms with E-state index in [1.54, 1.807) is 0 Å². The van der Waals surface area contributed by atoms with Gasteiger partial charge in [0, 0.05) is 17.5 Å².